The number of fused-ring (bicyclic) bond motifs is 3. The van der Waals surface area contributed by atoms with Gasteiger partial charge in [-0.3, -0.25) is 57.9 Å². The number of imide groups is 3. The lowest BCUT2D eigenvalue weighted by molar-refractivity contribution is -0.154. The molecule has 3 aliphatic carbocycles. The molecular formula is C69H83N9O13. The number of rotatable bonds is 28. The van der Waals surface area contributed by atoms with E-state index < -0.39 is 88.1 Å². The Bertz CT molecular complexity index is 3270. The van der Waals surface area contributed by atoms with Gasteiger partial charge < -0.3 is 18.9 Å². The van der Waals surface area contributed by atoms with Gasteiger partial charge in [-0.2, -0.15) is 0 Å². The highest BCUT2D eigenvalue weighted by Gasteiger charge is 2.61. The topological polar surface area (TPSA) is 262 Å². The van der Waals surface area contributed by atoms with Crippen LogP contribution in [0.25, 0.3) is 0 Å². The number of hydrogen-bond donors (Lipinski definition) is 0. The van der Waals surface area contributed by atoms with Crippen LogP contribution >= 0.6 is 0 Å². The van der Waals surface area contributed by atoms with Crippen LogP contribution in [0.4, 0.5) is 0 Å². The smallest absolute Gasteiger partial charge is 0.311 e. The second-order valence-corrected chi connectivity index (χ2v) is 26.6. The van der Waals surface area contributed by atoms with Crippen molar-refractivity contribution in [1.29, 1.82) is 0 Å². The number of unbranched alkanes of at least 4 members (excludes halogenated alkanes) is 2. The van der Waals surface area contributed by atoms with Crippen LogP contribution in [0.3, 0.4) is 0 Å². The molecule has 10 rings (SSSR count). The summed E-state index contributed by atoms with van der Waals surface area (Å²) in [4.78, 5) is 129. The molecule has 5 heterocycles. The zero-order chi connectivity index (χ0) is 65.1. The molecule has 0 N–H and O–H groups in total. The van der Waals surface area contributed by atoms with Crippen molar-refractivity contribution in [2.24, 2.45) is 81.8 Å². The minimum atomic E-state index is -0.890. The first-order valence-corrected chi connectivity index (χ1v) is 31.5. The van der Waals surface area contributed by atoms with Gasteiger partial charge in [0.15, 0.2) is 6.79 Å². The number of benzene rings is 2. The molecule has 3 saturated carbocycles. The maximum Gasteiger partial charge on any atom is 0.311 e. The molecule has 14 atom stereocenters. The SMILES string of the molecule is C=CC1CC(/C=C\C2CC(/C=C\C3CC(C=C)[C@@H]4C(=O)N(Cc5cn(C(CC(C)(C)C(=O)OC)c6ccccc6)nn5)C(=O)[C@H]34)[C@@H]3C(=O)N(CCCCCC(=O)OCOC)C(=O)[C@H]23)[C@@H]2C(=O)N(Cc3cn(C(CC(C)(C)C(=O)OC)c4ccccc4)nn3)C(=O)[C@H]12. The van der Waals surface area contributed by atoms with Gasteiger partial charge in [0, 0.05) is 20.1 Å². The molecular weight excluding hydrogens is 1160 g/mol. The summed E-state index contributed by atoms with van der Waals surface area (Å²) in [5.74, 6) is -9.79. The lowest BCUT2D eigenvalue weighted by Gasteiger charge is -2.27. The summed E-state index contributed by atoms with van der Waals surface area (Å²) in [6, 6.07) is 18.3. The molecule has 22 heteroatoms. The van der Waals surface area contributed by atoms with Crippen LogP contribution < -0.4 is 0 Å². The Morgan fingerprint density at radius 2 is 0.890 bits per heavy atom. The third kappa shape index (κ3) is 13.2. The number of aromatic nitrogens is 6. The highest BCUT2D eigenvalue weighted by atomic mass is 16.7. The summed E-state index contributed by atoms with van der Waals surface area (Å²) < 4.78 is 23.4. The maximum absolute atomic E-state index is 14.7. The van der Waals surface area contributed by atoms with Gasteiger partial charge in [-0.25, -0.2) is 9.36 Å². The Morgan fingerprint density at radius 3 is 1.25 bits per heavy atom. The Balaban J connectivity index is 0.870. The fourth-order valence-electron chi connectivity index (χ4n) is 15.3. The molecule has 3 aliphatic heterocycles. The standard InChI is InChI=1S/C69H83N9O13/c1-10-41-31-45(56-54(41)62(82)75(64(56)84)36-49-38-77(72-70-49)51(43-21-15-12-16-22-43)34-68(3,4)66(86)89-8)26-28-47-33-48(59-58(47)60(80)74(61(59)81)30-20-14-19-25-53(79)91-40-88-7)29-27-46-32-42(11-2)55-57(46)65(85)76(63(55)83)37-50-39-78(73-71-50)52(44-23-17-13-18-24-44)35-69(5,6)67(87)90-9/h10-13,15-18,21-24,26-29,38-39,41-42,45-48,51-52,54-59H,1-2,14,19-20,25,30-37,40H2,3-9H3/b28-26-,29-27-/t41?,42?,45?,46?,47?,48?,51?,52?,54-,55+,56+,57-,58-,59+. The van der Waals surface area contributed by atoms with Crippen molar-refractivity contribution < 1.29 is 62.1 Å². The second-order valence-electron chi connectivity index (χ2n) is 26.6. The van der Waals surface area contributed by atoms with Crippen LogP contribution in [0, 0.1) is 81.8 Å². The second kappa shape index (κ2) is 27.5. The van der Waals surface area contributed by atoms with Crippen LogP contribution in [0.15, 0.2) is 123 Å². The molecule has 6 fully saturated rings. The summed E-state index contributed by atoms with van der Waals surface area (Å²) >= 11 is 0. The van der Waals surface area contributed by atoms with Gasteiger partial charge in [-0.1, -0.05) is 114 Å². The number of ether oxygens (including phenoxy) is 4. The molecule has 6 amide bonds. The first-order chi connectivity index (χ1) is 43.6. The molecule has 2 aromatic carbocycles. The zero-order valence-electron chi connectivity index (χ0n) is 52.9. The molecule has 0 bridgehead atoms. The fraction of sp³-hybridized carbons (Fsp3) is 0.522. The number of likely N-dealkylation sites (tertiary alicyclic amines) is 3. The molecule has 0 spiro atoms. The van der Waals surface area contributed by atoms with Crippen molar-refractivity contribution in [3.63, 3.8) is 0 Å². The van der Waals surface area contributed by atoms with E-state index in [2.05, 4.69) is 33.8 Å². The Morgan fingerprint density at radius 1 is 0.527 bits per heavy atom. The number of nitrogens with zero attached hydrogens (tertiary/aromatic N) is 9. The molecule has 3 saturated heterocycles. The summed E-state index contributed by atoms with van der Waals surface area (Å²) in [6.45, 7) is 15.1. The van der Waals surface area contributed by atoms with E-state index in [1.807, 2.05) is 85.0 Å². The van der Waals surface area contributed by atoms with Crippen LogP contribution in [-0.4, -0.2) is 133 Å². The van der Waals surface area contributed by atoms with E-state index in [4.69, 9.17) is 18.9 Å². The van der Waals surface area contributed by atoms with Gasteiger partial charge in [-0.05, 0) is 119 Å². The van der Waals surface area contributed by atoms with E-state index in [-0.39, 0.29) is 92.1 Å². The van der Waals surface area contributed by atoms with Crippen LogP contribution in [0.2, 0.25) is 0 Å². The van der Waals surface area contributed by atoms with Crippen molar-refractivity contribution in [1.82, 2.24) is 44.7 Å². The summed E-state index contributed by atoms with van der Waals surface area (Å²) in [7, 11) is 4.13. The fourth-order valence-corrected chi connectivity index (χ4v) is 15.3. The zero-order valence-corrected chi connectivity index (χ0v) is 52.9. The van der Waals surface area contributed by atoms with Crippen molar-refractivity contribution >= 4 is 53.4 Å². The van der Waals surface area contributed by atoms with Gasteiger partial charge in [0.25, 0.3) is 0 Å². The number of amides is 6. The van der Waals surface area contributed by atoms with Gasteiger partial charge in [0.2, 0.25) is 35.4 Å². The van der Waals surface area contributed by atoms with Gasteiger partial charge in [0.05, 0.1) is 98.1 Å². The number of methoxy groups -OCH3 is 3. The average molecular weight is 1250 g/mol. The van der Waals surface area contributed by atoms with Crippen molar-refractivity contribution in [2.75, 3.05) is 34.7 Å². The minimum absolute atomic E-state index is 0.121. The number of carbonyl (C=O) groups is 9. The minimum Gasteiger partial charge on any atom is -0.469 e. The molecule has 8 unspecified atom stereocenters. The maximum atomic E-state index is 14.7. The van der Waals surface area contributed by atoms with Crippen molar-refractivity contribution in [3.05, 3.63) is 145 Å². The van der Waals surface area contributed by atoms with Crippen molar-refractivity contribution in [3.8, 4) is 0 Å². The Labute approximate surface area is 530 Å². The Hall–Kier alpha value is -8.53. The highest BCUT2D eigenvalue weighted by Crippen LogP contribution is 2.54. The van der Waals surface area contributed by atoms with Crippen LogP contribution in [0.5, 0.6) is 0 Å². The molecule has 6 aliphatic rings. The predicted octanol–water partition coefficient (Wildman–Crippen LogP) is 7.83. The van der Waals surface area contributed by atoms with E-state index in [1.165, 1.54) is 36.0 Å². The number of allylic oxidation sites excluding steroid dienone is 6. The summed E-state index contributed by atoms with van der Waals surface area (Å²) in [6.07, 6.45) is 18.3. The van der Waals surface area contributed by atoms with E-state index >= 15 is 0 Å². The third-order valence-electron chi connectivity index (χ3n) is 19.9. The van der Waals surface area contributed by atoms with E-state index in [9.17, 15) is 43.2 Å². The number of hydrogen-bond acceptors (Lipinski definition) is 17. The number of carbonyl (C=O) groups excluding carboxylic acids is 9. The van der Waals surface area contributed by atoms with E-state index in [0.717, 1.165) is 11.1 Å². The largest absolute Gasteiger partial charge is 0.469 e. The summed E-state index contributed by atoms with van der Waals surface area (Å²) in [5, 5.41) is 17.7. The molecule has 0 radical (unpaired) electrons. The number of esters is 3. The normalized spacial score (nSPS) is 27.1. The monoisotopic (exact) mass is 1250 g/mol. The van der Waals surface area contributed by atoms with Crippen molar-refractivity contribution in [2.45, 2.75) is 111 Å². The van der Waals surface area contributed by atoms with E-state index in [0.29, 0.717) is 62.8 Å². The molecule has 91 heavy (non-hydrogen) atoms. The Kier molecular flexibility index (Phi) is 19.8. The highest BCUT2D eigenvalue weighted by molar-refractivity contribution is 6.07. The first kappa shape index (κ1) is 65.4. The van der Waals surface area contributed by atoms with Crippen LogP contribution in [0.1, 0.15) is 120 Å². The third-order valence-corrected chi connectivity index (χ3v) is 19.9. The molecule has 4 aromatic rings. The molecule has 22 nitrogen and oxygen atoms in total. The van der Waals surface area contributed by atoms with Gasteiger partial charge in [-0.15, -0.1) is 23.4 Å². The van der Waals surface area contributed by atoms with Gasteiger partial charge in [0.1, 0.15) is 11.4 Å². The predicted molar refractivity (Wildman–Crippen MR) is 329 cm³/mol. The van der Waals surface area contributed by atoms with Gasteiger partial charge >= 0.3 is 17.9 Å². The van der Waals surface area contributed by atoms with Crippen LogP contribution in [-0.2, 0) is 75.2 Å². The lowest BCUT2D eigenvalue weighted by atomic mass is 9.83. The quantitative estimate of drug-likeness (QED) is 0.0131. The average Bonchev–Trinajstić information content (AvgIpc) is 1.61. The molecule has 482 valence electrons. The summed E-state index contributed by atoms with van der Waals surface area (Å²) in [5.41, 5.74) is 0.761. The molecule has 2 aromatic heterocycles. The first-order valence-electron chi connectivity index (χ1n) is 31.5. The lowest BCUT2D eigenvalue weighted by Crippen LogP contribution is -2.34. The van der Waals surface area contributed by atoms with E-state index in [1.54, 1.807) is 61.6 Å².